The third-order valence-electron chi connectivity index (χ3n) is 4.25. The maximum atomic E-state index is 15.3. The first-order valence-electron chi connectivity index (χ1n) is 8.76. The average Bonchev–Trinajstić information content (AvgIpc) is 2.68. The number of nitrogens with zero attached hydrogens (tertiary/aromatic N) is 1. The normalized spacial score (nSPS) is 11.2. The molecule has 0 spiro atoms. The lowest BCUT2D eigenvalue weighted by molar-refractivity contribution is 0.0977. The summed E-state index contributed by atoms with van der Waals surface area (Å²) in [6, 6.07) is 13.1. The fourth-order valence-electron chi connectivity index (χ4n) is 2.93. The van der Waals surface area contributed by atoms with E-state index in [1.165, 1.54) is 19.4 Å². The van der Waals surface area contributed by atoms with Gasteiger partial charge in [-0.25, -0.2) is 17.5 Å². The van der Waals surface area contributed by atoms with Gasteiger partial charge in [0, 0.05) is 17.6 Å². The van der Waals surface area contributed by atoms with Crippen molar-refractivity contribution in [3.63, 3.8) is 0 Å². The van der Waals surface area contributed by atoms with E-state index in [1.807, 2.05) is 4.72 Å². The summed E-state index contributed by atoms with van der Waals surface area (Å²) in [7, 11) is -2.22. The Morgan fingerprint density at radius 1 is 1.20 bits per heavy atom. The summed E-state index contributed by atoms with van der Waals surface area (Å²) in [4.78, 5) is 15.8. The summed E-state index contributed by atoms with van der Waals surface area (Å²) in [5.74, 6) is -0.900. The van der Waals surface area contributed by atoms with Crippen LogP contribution >= 0.6 is 11.6 Å². The second-order valence-corrected chi connectivity index (χ2v) is 8.74. The number of pyridine rings is 1. The molecule has 1 heterocycles. The molecule has 1 N–H and O–H groups in total. The highest BCUT2D eigenvalue weighted by Crippen LogP contribution is 2.36. The van der Waals surface area contributed by atoms with Crippen LogP contribution < -0.4 is 9.46 Å². The van der Waals surface area contributed by atoms with E-state index in [2.05, 4.69) is 4.98 Å². The highest BCUT2D eigenvalue weighted by atomic mass is 35.5. The van der Waals surface area contributed by atoms with Crippen molar-refractivity contribution in [3.8, 4) is 16.9 Å². The van der Waals surface area contributed by atoms with Crippen LogP contribution in [0.2, 0.25) is 5.02 Å². The van der Waals surface area contributed by atoms with E-state index in [9.17, 15) is 13.2 Å². The first kappa shape index (κ1) is 21.7. The summed E-state index contributed by atoms with van der Waals surface area (Å²) >= 11 is 6.05. The average molecular weight is 449 g/mol. The Morgan fingerprint density at radius 3 is 2.57 bits per heavy atom. The molecule has 0 fully saturated rings. The first-order chi connectivity index (χ1) is 14.2. The molecule has 1 amide bonds. The number of hydrogen-bond acceptors (Lipinski definition) is 5. The van der Waals surface area contributed by atoms with Gasteiger partial charge in [-0.1, -0.05) is 35.9 Å². The highest BCUT2D eigenvalue weighted by molar-refractivity contribution is 7.89. The molecular formula is C21H18ClFN2O4S. The molecule has 0 saturated carbocycles. The quantitative estimate of drug-likeness (QED) is 0.619. The van der Waals surface area contributed by atoms with Gasteiger partial charge in [0.05, 0.1) is 18.9 Å². The number of carbonyl (C=O) groups excluding carboxylic acids is 1. The van der Waals surface area contributed by atoms with Gasteiger partial charge in [-0.05, 0) is 41.0 Å². The van der Waals surface area contributed by atoms with Crippen molar-refractivity contribution in [2.45, 2.75) is 6.42 Å². The van der Waals surface area contributed by atoms with E-state index in [0.717, 1.165) is 6.26 Å². The number of sulfonamides is 1. The zero-order chi connectivity index (χ0) is 21.9. The van der Waals surface area contributed by atoms with E-state index in [4.69, 9.17) is 16.3 Å². The molecule has 0 aliphatic carbocycles. The van der Waals surface area contributed by atoms with Crippen LogP contribution in [0.5, 0.6) is 5.75 Å². The number of ether oxygens (including phenoxy) is 1. The standard InChI is InChI=1S/C21H18ClFN2O4S/c1-29-18-9-7-15(20(23)19(18)14-4-3-5-16(22)11-14)10-13-6-8-17(24-12-13)21(26)25-30(2,27)28/h3-9,11-12H,10H2,1-2H3,(H,25,26). The second-order valence-electron chi connectivity index (χ2n) is 6.56. The number of carbonyl (C=O) groups is 1. The zero-order valence-electron chi connectivity index (χ0n) is 16.1. The SMILES string of the molecule is COc1ccc(Cc2ccc(C(=O)NS(C)(=O)=O)nc2)c(F)c1-c1cccc(Cl)c1. The summed E-state index contributed by atoms with van der Waals surface area (Å²) < 4.78 is 44.8. The molecule has 0 saturated heterocycles. The molecule has 6 nitrogen and oxygen atoms in total. The van der Waals surface area contributed by atoms with Gasteiger partial charge in [0.2, 0.25) is 10.0 Å². The highest BCUT2D eigenvalue weighted by Gasteiger charge is 2.17. The largest absolute Gasteiger partial charge is 0.496 e. The van der Waals surface area contributed by atoms with Crippen molar-refractivity contribution in [2.24, 2.45) is 0 Å². The number of amides is 1. The van der Waals surface area contributed by atoms with Gasteiger partial charge < -0.3 is 4.74 Å². The van der Waals surface area contributed by atoms with Crippen LogP contribution in [0.1, 0.15) is 21.6 Å². The van der Waals surface area contributed by atoms with Gasteiger partial charge in [-0.2, -0.15) is 0 Å². The molecule has 3 aromatic rings. The molecule has 0 atom stereocenters. The van der Waals surface area contributed by atoms with Crippen molar-refractivity contribution in [1.82, 2.24) is 9.71 Å². The Bertz CT molecular complexity index is 1200. The molecule has 3 rings (SSSR count). The monoisotopic (exact) mass is 448 g/mol. The lowest BCUT2D eigenvalue weighted by Crippen LogP contribution is -2.29. The van der Waals surface area contributed by atoms with Gasteiger partial charge >= 0.3 is 0 Å². The molecule has 30 heavy (non-hydrogen) atoms. The fraction of sp³-hybridized carbons (Fsp3) is 0.143. The lowest BCUT2D eigenvalue weighted by atomic mass is 9.97. The minimum absolute atomic E-state index is 0.0565. The predicted octanol–water partition coefficient (Wildman–Crippen LogP) is 3.83. The number of methoxy groups -OCH3 is 1. The van der Waals surface area contributed by atoms with E-state index < -0.39 is 21.7 Å². The third-order valence-corrected chi connectivity index (χ3v) is 5.04. The molecule has 0 radical (unpaired) electrons. The Hall–Kier alpha value is -2.97. The van der Waals surface area contributed by atoms with Crippen LogP contribution in [0.25, 0.3) is 11.1 Å². The Morgan fingerprint density at radius 2 is 1.97 bits per heavy atom. The number of benzene rings is 2. The van der Waals surface area contributed by atoms with Crippen molar-refractivity contribution in [1.29, 1.82) is 0 Å². The predicted molar refractivity (Wildman–Crippen MR) is 113 cm³/mol. The second kappa shape index (κ2) is 8.81. The van der Waals surface area contributed by atoms with Gasteiger partial charge in [0.15, 0.2) is 0 Å². The molecule has 0 unspecified atom stereocenters. The molecule has 156 valence electrons. The fourth-order valence-corrected chi connectivity index (χ4v) is 3.56. The van der Waals surface area contributed by atoms with Gasteiger partial charge in [0.1, 0.15) is 17.3 Å². The molecule has 0 bridgehead atoms. The maximum absolute atomic E-state index is 15.3. The van der Waals surface area contributed by atoms with Crippen LogP contribution in [-0.2, 0) is 16.4 Å². The maximum Gasteiger partial charge on any atom is 0.283 e. The third kappa shape index (κ3) is 5.14. The Kier molecular flexibility index (Phi) is 6.38. The van der Waals surface area contributed by atoms with Gasteiger partial charge in [-0.15, -0.1) is 0 Å². The molecule has 2 aromatic carbocycles. The minimum Gasteiger partial charge on any atom is -0.496 e. The molecule has 0 aliphatic rings. The molecule has 1 aromatic heterocycles. The summed E-state index contributed by atoms with van der Waals surface area (Å²) in [5, 5.41) is 0.478. The number of aromatic nitrogens is 1. The van der Waals surface area contributed by atoms with Crippen molar-refractivity contribution >= 4 is 27.5 Å². The van der Waals surface area contributed by atoms with Gasteiger partial charge in [-0.3, -0.25) is 9.78 Å². The van der Waals surface area contributed by atoms with Crippen LogP contribution in [0.3, 0.4) is 0 Å². The van der Waals surface area contributed by atoms with E-state index in [-0.39, 0.29) is 12.1 Å². The number of rotatable bonds is 6. The number of hydrogen-bond donors (Lipinski definition) is 1. The van der Waals surface area contributed by atoms with E-state index in [1.54, 1.807) is 42.5 Å². The molecule has 0 aliphatic heterocycles. The van der Waals surface area contributed by atoms with Crippen molar-refractivity contribution in [3.05, 3.63) is 82.4 Å². The van der Waals surface area contributed by atoms with Crippen molar-refractivity contribution < 1.29 is 22.3 Å². The van der Waals surface area contributed by atoms with Crippen LogP contribution in [0.15, 0.2) is 54.7 Å². The number of nitrogens with one attached hydrogen (secondary N) is 1. The van der Waals surface area contributed by atoms with Crippen LogP contribution in [0.4, 0.5) is 4.39 Å². The minimum atomic E-state index is -3.69. The Labute approximate surface area is 178 Å². The lowest BCUT2D eigenvalue weighted by Gasteiger charge is -2.14. The van der Waals surface area contributed by atoms with E-state index >= 15 is 4.39 Å². The molecule has 9 heteroatoms. The summed E-state index contributed by atoms with van der Waals surface area (Å²) in [6.45, 7) is 0. The van der Waals surface area contributed by atoms with Gasteiger partial charge in [0.25, 0.3) is 5.91 Å². The summed E-state index contributed by atoms with van der Waals surface area (Å²) in [6.07, 6.45) is 2.49. The zero-order valence-corrected chi connectivity index (χ0v) is 17.7. The molecular weight excluding hydrogens is 431 g/mol. The smallest absolute Gasteiger partial charge is 0.283 e. The number of halogens is 2. The van der Waals surface area contributed by atoms with Crippen molar-refractivity contribution in [2.75, 3.05) is 13.4 Å². The van der Waals surface area contributed by atoms with E-state index in [0.29, 0.717) is 33.0 Å². The summed E-state index contributed by atoms with van der Waals surface area (Å²) in [5.41, 5.74) is 1.88. The Balaban J connectivity index is 1.90. The van der Waals surface area contributed by atoms with Crippen LogP contribution in [0, 0.1) is 5.82 Å². The topological polar surface area (TPSA) is 85.4 Å². The van der Waals surface area contributed by atoms with Crippen LogP contribution in [-0.4, -0.2) is 32.7 Å². The first-order valence-corrected chi connectivity index (χ1v) is 11.0.